The number of fused-ring (bicyclic) bond motifs is 1. The zero-order valence-electron chi connectivity index (χ0n) is 18.9. The van der Waals surface area contributed by atoms with Crippen LogP contribution in [0.5, 0.6) is 5.75 Å². The maximum Gasteiger partial charge on any atom is 0.263 e. The summed E-state index contributed by atoms with van der Waals surface area (Å²) in [6.45, 7) is 4.91. The fraction of sp³-hybridized carbons (Fsp3) is 0.320. The van der Waals surface area contributed by atoms with Gasteiger partial charge >= 0.3 is 0 Å². The van der Waals surface area contributed by atoms with Crippen molar-refractivity contribution < 1.29 is 18.4 Å². The summed E-state index contributed by atoms with van der Waals surface area (Å²) in [6.07, 6.45) is 6.99. The Morgan fingerprint density at radius 1 is 1.32 bits per heavy atom. The van der Waals surface area contributed by atoms with Crippen LogP contribution in [0.15, 0.2) is 57.8 Å². The number of pyridine rings is 1. The summed E-state index contributed by atoms with van der Waals surface area (Å²) in [5.74, 6) is 2.65. The van der Waals surface area contributed by atoms with Crippen LogP contribution in [0.4, 0.5) is 0 Å². The molecule has 5 rings (SSSR count). The molecule has 0 saturated carbocycles. The summed E-state index contributed by atoms with van der Waals surface area (Å²) in [4.78, 5) is 21.8. The molecule has 1 atom stereocenters. The van der Waals surface area contributed by atoms with Crippen molar-refractivity contribution in [2.45, 2.75) is 25.3 Å². The number of hydrogen-bond acceptors (Lipinski definition) is 8. The zero-order chi connectivity index (χ0) is 23.3. The van der Waals surface area contributed by atoms with Crippen LogP contribution in [-0.2, 0) is 11.3 Å². The summed E-state index contributed by atoms with van der Waals surface area (Å²) < 4.78 is 18.0. The molecule has 34 heavy (non-hydrogen) atoms. The van der Waals surface area contributed by atoms with E-state index in [1.54, 1.807) is 29.1 Å². The molecular weight excluding hydrogens is 452 g/mol. The lowest BCUT2D eigenvalue weighted by molar-refractivity contribution is -0.118. The molecule has 3 aromatic heterocycles. The van der Waals surface area contributed by atoms with E-state index >= 15 is 0 Å². The highest BCUT2D eigenvalue weighted by Crippen LogP contribution is 2.40. The second kappa shape index (κ2) is 10.3. The van der Waals surface area contributed by atoms with Gasteiger partial charge in [0.05, 0.1) is 12.0 Å². The maximum atomic E-state index is 11.3. The molecule has 176 valence electrons. The molecule has 1 aliphatic rings. The van der Waals surface area contributed by atoms with Crippen LogP contribution in [0, 0.1) is 6.92 Å². The molecule has 0 spiro atoms. The number of thioether (sulfide) groups is 1. The van der Waals surface area contributed by atoms with E-state index in [1.165, 1.54) is 0 Å². The van der Waals surface area contributed by atoms with Crippen LogP contribution in [0.1, 0.15) is 28.6 Å². The van der Waals surface area contributed by atoms with Crippen LogP contribution < -0.4 is 10.1 Å². The molecule has 1 aliphatic heterocycles. The SMILES string of the molecule is Cc1c(-c2nc(C3SCCN3C=O)co2)oc2cccc(OCCCNCc3cccnc3)c12. The third-order valence-electron chi connectivity index (χ3n) is 5.75. The van der Waals surface area contributed by atoms with Crippen LogP contribution in [0.25, 0.3) is 22.6 Å². The predicted molar refractivity (Wildman–Crippen MR) is 130 cm³/mol. The van der Waals surface area contributed by atoms with Gasteiger partial charge in [-0.3, -0.25) is 9.78 Å². The van der Waals surface area contributed by atoms with Crippen molar-refractivity contribution in [3.05, 3.63) is 65.8 Å². The van der Waals surface area contributed by atoms with E-state index in [9.17, 15) is 4.79 Å². The quantitative estimate of drug-likeness (QED) is 0.262. The minimum atomic E-state index is -0.120. The third kappa shape index (κ3) is 4.67. The predicted octanol–water partition coefficient (Wildman–Crippen LogP) is 4.55. The topological polar surface area (TPSA) is 93.6 Å². The van der Waals surface area contributed by atoms with Crippen molar-refractivity contribution in [1.29, 1.82) is 0 Å². The Kier molecular flexibility index (Phi) is 6.82. The minimum absolute atomic E-state index is 0.120. The summed E-state index contributed by atoms with van der Waals surface area (Å²) in [5.41, 5.74) is 3.53. The average Bonchev–Trinajstić information content (AvgIpc) is 3.60. The fourth-order valence-corrected chi connectivity index (χ4v) is 5.22. The van der Waals surface area contributed by atoms with Crippen LogP contribution in [-0.4, -0.2) is 46.7 Å². The maximum absolute atomic E-state index is 11.3. The van der Waals surface area contributed by atoms with Crippen molar-refractivity contribution in [2.75, 3.05) is 25.4 Å². The number of nitrogens with zero attached hydrogens (tertiary/aromatic N) is 3. The minimum Gasteiger partial charge on any atom is -0.493 e. The van der Waals surface area contributed by atoms with E-state index in [0.717, 1.165) is 65.2 Å². The Hall–Kier alpha value is -3.30. The first-order valence-electron chi connectivity index (χ1n) is 11.3. The van der Waals surface area contributed by atoms with Gasteiger partial charge in [-0.2, -0.15) is 0 Å². The fourth-order valence-electron chi connectivity index (χ4n) is 4.05. The van der Waals surface area contributed by atoms with Crippen molar-refractivity contribution in [1.82, 2.24) is 20.2 Å². The highest BCUT2D eigenvalue weighted by molar-refractivity contribution is 7.99. The third-order valence-corrected chi connectivity index (χ3v) is 7.00. The van der Waals surface area contributed by atoms with E-state index in [0.29, 0.717) is 24.8 Å². The molecule has 0 aliphatic carbocycles. The second-order valence-corrected chi connectivity index (χ2v) is 9.26. The summed E-state index contributed by atoms with van der Waals surface area (Å²) in [5, 5.41) is 4.21. The molecule has 1 N–H and O–H groups in total. The van der Waals surface area contributed by atoms with Gasteiger partial charge in [-0.25, -0.2) is 4.98 Å². The lowest BCUT2D eigenvalue weighted by Crippen LogP contribution is -2.20. The number of nitrogens with one attached hydrogen (secondary N) is 1. The molecule has 0 radical (unpaired) electrons. The number of furan rings is 1. The molecule has 1 fully saturated rings. The van der Waals surface area contributed by atoms with Crippen molar-refractivity contribution in [2.24, 2.45) is 0 Å². The summed E-state index contributed by atoms with van der Waals surface area (Å²) >= 11 is 1.67. The van der Waals surface area contributed by atoms with Gasteiger partial charge in [0.25, 0.3) is 5.89 Å². The molecule has 8 nitrogen and oxygen atoms in total. The molecule has 1 unspecified atom stereocenters. The van der Waals surface area contributed by atoms with Gasteiger partial charge in [-0.1, -0.05) is 12.1 Å². The number of ether oxygens (including phenoxy) is 1. The molecule has 1 amide bonds. The number of benzene rings is 1. The van der Waals surface area contributed by atoms with Gasteiger partial charge in [0.1, 0.15) is 28.7 Å². The highest BCUT2D eigenvalue weighted by atomic mass is 32.2. The number of aromatic nitrogens is 2. The van der Waals surface area contributed by atoms with Crippen molar-refractivity contribution in [3.63, 3.8) is 0 Å². The Balaban J connectivity index is 1.25. The number of carbonyl (C=O) groups is 1. The van der Waals surface area contributed by atoms with Crippen LogP contribution in [0.2, 0.25) is 0 Å². The Morgan fingerprint density at radius 3 is 3.12 bits per heavy atom. The number of amides is 1. The van der Waals surface area contributed by atoms with E-state index in [4.69, 9.17) is 13.6 Å². The van der Waals surface area contributed by atoms with Gasteiger partial charge in [0.2, 0.25) is 6.41 Å². The number of oxazole rings is 1. The second-order valence-electron chi connectivity index (χ2n) is 8.07. The zero-order valence-corrected chi connectivity index (χ0v) is 19.7. The van der Waals surface area contributed by atoms with Gasteiger partial charge < -0.3 is 23.8 Å². The van der Waals surface area contributed by atoms with E-state index in [1.807, 2.05) is 37.4 Å². The molecular formula is C25H26N4O4S. The molecule has 4 aromatic rings. The molecule has 9 heteroatoms. The number of aryl methyl sites for hydroxylation is 1. The smallest absolute Gasteiger partial charge is 0.263 e. The van der Waals surface area contributed by atoms with Crippen LogP contribution in [0.3, 0.4) is 0 Å². The summed E-state index contributed by atoms with van der Waals surface area (Å²) in [6, 6.07) is 9.78. The Labute approximate surface area is 201 Å². The van der Waals surface area contributed by atoms with Crippen LogP contribution >= 0.6 is 11.8 Å². The first-order chi connectivity index (χ1) is 16.7. The van der Waals surface area contributed by atoms with Crippen molar-refractivity contribution >= 4 is 29.1 Å². The first kappa shape index (κ1) is 22.5. The molecule has 0 bridgehead atoms. The number of rotatable bonds is 10. The molecule has 1 saturated heterocycles. The van der Waals surface area contributed by atoms with E-state index < -0.39 is 0 Å². The highest BCUT2D eigenvalue weighted by Gasteiger charge is 2.29. The number of carbonyl (C=O) groups excluding carboxylic acids is 1. The van der Waals surface area contributed by atoms with Gasteiger partial charge in [-0.05, 0) is 43.7 Å². The lowest BCUT2D eigenvalue weighted by atomic mass is 10.1. The summed E-state index contributed by atoms with van der Waals surface area (Å²) in [7, 11) is 0. The Morgan fingerprint density at radius 2 is 2.26 bits per heavy atom. The van der Waals surface area contributed by atoms with Gasteiger partial charge in [-0.15, -0.1) is 11.8 Å². The van der Waals surface area contributed by atoms with Gasteiger partial charge in [0, 0.05) is 36.8 Å². The average molecular weight is 479 g/mol. The monoisotopic (exact) mass is 478 g/mol. The first-order valence-corrected chi connectivity index (χ1v) is 12.3. The largest absolute Gasteiger partial charge is 0.493 e. The molecule has 4 heterocycles. The van der Waals surface area contributed by atoms with Gasteiger partial charge in [0.15, 0.2) is 5.76 Å². The van der Waals surface area contributed by atoms with E-state index in [-0.39, 0.29) is 5.37 Å². The molecule has 1 aromatic carbocycles. The lowest BCUT2D eigenvalue weighted by Gasteiger charge is -2.15. The Bertz CT molecular complexity index is 1260. The van der Waals surface area contributed by atoms with Crippen molar-refractivity contribution in [3.8, 4) is 17.4 Å². The number of hydrogen-bond donors (Lipinski definition) is 1. The van der Waals surface area contributed by atoms with E-state index in [2.05, 4.69) is 21.4 Å². The normalized spacial score (nSPS) is 15.8. The standard InChI is InChI=1S/C25H26N4O4S/c1-17-22-20(31-11-4-9-27-14-18-5-3-8-26-13-18)6-2-7-21(22)33-23(17)24-28-19(15-32-24)25-29(16-30)10-12-34-25/h2-3,5-8,13,15-16,25,27H,4,9-12,14H2,1H3.